The summed E-state index contributed by atoms with van der Waals surface area (Å²) in [4.78, 5) is 38.4. The number of para-hydroxylation sites is 1. The van der Waals surface area contributed by atoms with Crippen LogP contribution in [0.2, 0.25) is 0 Å². The number of amides is 4. The van der Waals surface area contributed by atoms with Gasteiger partial charge in [0.05, 0.1) is 19.0 Å². The molecule has 2 heterocycles. The first-order valence-corrected chi connectivity index (χ1v) is 10.7. The second-order valence-electron chi connectivity index (χ2n) is 7.82. The van der Waals surface area contributed by atoms with E-state index in [1.807, 2.05) is 41.1 Å². The Bertz CT molecular complexity index is 1190. The van der Waals surface area contributed by atoms with Gasteiger partial charge in [-0.1, -0.05) is 18.2 Å². The lowest BCUT2D eigenvalue weighted by atomic mass is 10.1. The fourth-order valence-corrected chi connectivity index (χ4v) is 3.99. The summed E-state index contributed by atoms with van der Waals surface area (Å²) in [6.45, 7) is 0.959. The van der Waals surface area contributed by atoms with E-state index in [2.05, 4.69) is 10.6 Å². The molecule has 2 N–H and O–H groups in total. The van der Waals surface area contributed by atoms with Gasteiger partial charge in [0.15, 0.2) is 0 Å². The van der Waals surface area contributed by atoms with Crippen molar-refractivity contribution in [3.63, 3.8) is 0 Å². The lowest BCUT2D eigenvalue weighted by Crippen LogP contribution is -2.37. The Balaban J connectivity index is 1.27. The predicted molar refractivity (Wildman–Crippen MR) is 120 cm³/mol. The number of halogens is 1. The molecule has 0 bridgehead atoms. The first-order valence-electron chi connectivity index (χ1n) is 10.7. The van der Waals surface area contributed by atoms with Crippen LogP contribution in [0.3, 0.4) is 0 Å². The fourth-order valence-electron chi connectivity index (χ4n) is 3.99. The lowest BCUT2D eigenvalue weighted by molar-refractivity contribution is -0.130. The Hall–Kier alpha value is -3.88. The number of ether oxygens (including phenoxy) is 1. The van der Waals surface area contributed by atoms with Crippen molar-refractivity contribution >= 4 is 28.7 Å². The zero-order chi connectivity index (χ0) is 23.4. The summed E-state index contributed by atoms with van der Waals surface area (Å²) in [6.07, 6.45) is 2.14. The van der Waals surface area contributed by atoms with Crippen molar-refractivity contribution in [2.24, 2.45) is 0 Å². The molecule has 9 heteroatoms. The summed E-state index contributed by atoms with van der Waals surface area (Å²) in [5.41, 5.74) is 1.63. The van der Waals surface area contributed by atoms with Crippen LogP contribution in [0, 0.1) is 5.82 Å². The average molecular weight is 452 g/mol. The number of rotatable bonds is 9. The van der Waals surface area contributed by atoms with Crippen LogP contribution >= 0.6 is 0 Å². The lowest BCUT2D eigenvalue weighted by Gasteiger charge is -2.14. The minimum Gasteiger partial charge on any atom is -0.496 e. The van der Waals surface area contributed by atoms with Gasteiger partial charge in [-0.25, -0.2) is 9.18 Å². The maximum atomic E-state index is 13.5. The van der Waals surface area contributed by atoms with Gasteiger partial charge in [-0.15, -0.1) is 0 Å². The number of hydrogen-bond donors (Lipinski definition) is 2. The number of aromatic nitrogens is 1. The van der Waals surface area contributed by atoms with Crippen LogP contribution in [0.4, 0.5) is 9.18 Å². The number of hydrogen-bond acceptors (Lipinski definition) is 4. The molecule has 4 rings (SSSR count). The molecule has 0 aliphatic carbocycles. The number of nitrogens with one attached hydrogen (secondary N) is 2. The molecule has 1 aromatic heterocycles. The molecule has 1 atom stereocenters. The SMILES string of the molecule is COc1ccccc1CCN1C(=O)N[C@H](CC(=O)NCCn2ccc3ccc(F)cc32)C1=O. The highest BCUT2D eigenvalue weighted by molar-refractivity contribution is 6.05. The molecule has 0 saturated carbocycles. The highest BCUT2D eigenvalue weighted by Crippen LogP contribution is 2.20. The fraction of sp³-hybridized carbons (Fsp3) is 0.292. The number of carbonyl (C=O) groups excluding carboxylic acids is 3. The van der Waals surface area contributed by atoms with Crippen molar-refractivity contribution in [1.29, 1.82) is 0 Å². The molecular weight excluding hydrogens is 427 g/mol. The van der Waals surface area contributed by atoms with E-state index < -0.39 is 18.0 Å². The van der Waals surface area contributed by atoms with Crippen LogP contribution < -0.4 is 15.4 Å². The molecule has 172 valence electrons. The smallest absolute Gasteiger partial charge is 0.324 e. The zero-order valence-corrected chi connectivity index (χ0v) is 18.2. The highest BCUT2D eigenvalue weighted by atomic mass is 19.1. The molecule has 0 spiro atoms. The molecule has 33 heavy (non-hydrogen) atoms. The molecule has 1 saturated heterocycles. The van der Waals surface area contributed by atoms with Crippen LogP contribution in [0.15, 0.2) is 54.7 Å². The second-order valence-corrected chi connectivity index (χ2v) is 7.82. The second kappa shape index (κ2) is 9.72. The summed E-state index contributed by atoms with van der Waals surface area (Å²) in [5, 5.41) is 6.25. The number of nitrogens with zero attached hydrogens (tertiary/aromatic N) is 2. The molecule has 4 amide bonds. The average Bonchev–Trinajstić information content (AvgIpc) is 3.32. The van der Waals surface area contributed by atoms with E-state index in [4.69, 9.17) is 4.74 Å². The van der Waals surface area contributed by atoms with Gasteiger partial charge in [0.2, 0.25) is 5.91 Å². The quantitative estimate of drug-likeness (QED) is 0.488. The van der Waals surface area contributed by atoms with E-state index in [-0.39, 0.29) is 24.7 Å². The number of fused-ring (bicyclic) bond motifs is 1. The van der Waals surface area contributed by atoms with Crippen LogP contribution in [-0.2, 0) is 22.6 Å². The number of carbonyl (C=O) groups is 3. The molecule has 1 aliphatic heterocycles. The number of benzene rings is 2. The minimum atomic E-state index is -0.892. The number of imide groups is 1. The van der Waals surface area contributed by atoms with Crippen LogP contribution in [-0.4, -0.2) is 53.6 Å². The third kappa shape index (κ3) is 4.97. The van der Waals surface area contributed by atoms with Gasteiger partial charge in [-0.05, 0) is 47.7 Å². The standard InChI is InChI=1S/C24H25FN4O4/c1-33-21-5-3-2-4-17(21)9-12-29-23(31)19(27-24(29)32)15-22(30)26-10-13-28-11-8-16-6-7-18(25)14-20(16)28/h2-8,11,14,19H,9-10,12-13,15H2,1H3,(H,26,30)(H,27,32)/t19-/m1/s1. The van der Waals surface area contributed by atoms with E-state index in [1.54, 1.807) is 13.2 Å². The summed E-state index contributed by atoms with van der Waals surface area (Å²) in [5.74, 6) is -0.393. The van der Waals surface area contributed by atoms with E-state index in [0.717, 1.165) is 21.4 Å². The normalized spacial score (nSPS) is 15.7. The maximum Gasteiger partial charge on any atom is 0.324 e. The molecule has 0 radical (unpaired) electrons. The molecule has 2 aromatic carbocycles. The largest absolute Gasteiger partial charge is 0.496 e. The minimum absolute atomic E-state index is 0.142. The summed E-state index contributed by atoms with van der Waals surface area (Å²) in [6, 6.07) is 12.4. The number of methoxy groups -OCH3 is 1. The first-order chi connectivity index (χ1) is 16.0. The van der Waals surface area contributed by atoms with Gasteiger partial charge in [-0.3, -0.25) is 14.5 Å². The molecular formula is C24H25FN4O4. The van der Waals surface area contributed by atoms with Gasteiger partial charge in [-0.2, -0.15) is 0 Å². The highest BCUT2D eigenvalue weighted by Gasteiger charge is 2.38. The third-order valence-corrected chi connectivity index (χ3v) is 5.70. The van der Waals surface area contributed by atoms with Crippen molar-refractivity contribution in [3.05, 3.63) is 66.1 Å². The summed E-state index contributed by atoms with van der Waals surface area (Å²) >= 11 is 0. The molecule has 8 nitrogen and oxygen atoms in total. The van der Waals surface area contributed by atoms with Crippen molar-refractivity contribution in [3.8, 4) is 5.75 Å². The third-order valence-electron chi connectivity index (χ3n) is 5.70. The van der Waals surface area contributed by atoms with E-state index in [0.29, 0.717) is 25.3 Å². The summed E-state index contributed by atoms with van der Waals surface area (Å²) < 4.78 is 20.7. The van der Waals surface area contributed by atoms with Gasteiger partial charge in [0.25, 0.3) is 5.91 Å². The van der Waals surface area contributed by atoms with Crippen LogP contribution in [0.25, 0.3) is 10.9 Å². The van der Waals surface area contributed by atoms with Crippen molar-refractivity contribution in [2.75, 3.05) is 20.2 Å². The Labute approximate surface area is 190 Å². The van der Waals surface area contributed by atoms with Crippen molar-refractivity contribution < 1.29 is 23.5 Å². The topological polar surface area (TPSA) is 92.7 Å². The van der Waals surface area contributed by atoms with Crippen molar-refractivity contribution in [1.82, 2.24) is 20.1 Å². The number of urea groups is 1. The molecule has 0 unspecified atom stereocenters. The van der Waals surface area contributed by atoms with E-state index in [1.165, 1.54) is 12.1 Å². The predicted octanol–water partition coefficient (Wildman–Crippen LogP) is 2.46. The van der Waals surface area contributed by atoms with E-state index >= 15 is 0 Å². The Morgan fingerprint density at radius 3 is 2.79 bits per heavy atom. The van der Waals surface area contributed by atoms with Gasteiger partial charge < -0.3 is 19.9 Å². The van der Waals surface area contributed by atoms with Crippen LogP contribution in [0.1, 0.15) is 12.0 Å². The van der Waals surface area contributed by atoms with Gasteiger partial charge >= 0.3 is 6.03 Å². The zero-order valence-electron chi connectivity index (χ0n) is 18.2. The Morgan fingerprint density at radius 1 is 1.15 bits per heavy atom. The van der Waals surface area contributed by atoms with Crippen molar-refractivity contribution in [2.45, 2.75) is 25.4 Å². The molecule has 3 aromatic rings. The molecule has 1 aliphatic rings. The molecule has 1 fully saturated rings. The van der Waals surface area contributed by atoms with Gasteiger partial charge in [0, 0.05) is 25.8 Å². The Kier molecular flexibility index (Phi) is 6.58. The maximum absolute atomic E-state index is 13.5. The van der Waals surface area contributed by atoms with E-state index in [9.17, 15) is 18.8 Å². The Morgan fingerprint density at radius 2 is 1.97 bits per heavy atom. The monoisotopic (exact) mass is 452 g/mol. The summed E-state index contributed by atoms with van der Waals surface area (Å²) in [7, 11) is 1.57. The van der Waals surface area contributed by atoms with Crippen LogP contribution in [0.5, 0.6) is 5.75 Å². The van der Waals surface area contributed by atoms with Gasteiger partial charge in [0.1, 0.15) is 17.6 Å². The first kappa shape index (κ1) is 22.3.